The summed E-state index contributed by atoms with van der Waals surface area (Å²) in [6.07, 6.45) is 0.881. The molecule has 0 atom stereocenters. The van der Waals surface area contributed by atoms with E-state index in [-0.39, 0.29) is 15.0 Å². The summed E-state index contributed by atoms with van der Waals surface area (Å²) in [5.74, 6) is -0.218. The molecule has 2 aromatic rings. The van der Waals surface area contributed by atoms with Crippen LogP contribution in [0.3, 0.4) is 0 Å². The minimum Gasteiger partial charge on any atom is -0.351 e. The number of amides is 1. The maximum atomic E-state index is 12.6. The zero-order valence-corrected chi connectivity index (χ0v) is 16.1. The second-order valence-corrected chi connectivity index (χ2v) is 9.40. The van der Waals surface area contributed by atoms with Gasteiger partial charge in [0, 0.05) is 32.7 Å². The molecule has 1 aliphatic rings. The van der Waals surface area contributed by atoms with Gasteiger partial charge in [-0.2, -0.15) is 0 Å². The van der Waals surface area contributed by atoms with Crippen LogP contribution in [0.5, 0.6) is 0 Å². The Morgan fingerprint density at radius 1 is 1.12 bits per heavy atom. The van der Waals surface area contributed by atoms with Gasteiger partial charge in [0.1, 0.15) is 4.21 Å². The molecule has 1 saturated heterocycles. The number of benzene rings is 1. The van der Waals surface area contributed by atoms with Gasteiger partial charge >= 0.3 is 0 Å². The Labute approximate surface area is 158 Å². The Morgan fingerprint density at radius 3 is 2.58 bits per heavy atom. The summed E-state index contributed by atoms with van der Waals surface area (Å²) in [6, 6.07) is 11.3. The Hall–Kier alpha value is -1.74. The lowest BCUT2D eigenvalue weighted by atomic mass is 10.3. The zero-order chi connectivity index (χ0) is 18.4. The third-order valence-corrected chi connectivity index (χ3v) is 7.62. The maximum absolute atomic E-state index is 12.6. The molecular formula is C18H23N3O3S2. The van der Waals surface area contributed by atoms with E-state index in [0.29, 0.717) is 11.4 Å². The van der Waals surface area contributed by atoms with Gasteiger partial charge in [0.25, 0.3) is 5.91 Å². The molecule has 1 amide bonds. The second-order valence-electron chi connectivity index (χ2n) is 6.14. The van der Waals surface area contributed by atoms with E-state index in [9.17, 15) is 13.2 Å². The fourth-order valence-corrected chi connectivity index (χ4v) is 5.47. The number of hydrogen-bond acceptors (Lipinski definition) is 6. The van der Waals surface area contributed by atoms with E-state index in [1.54, 1.807) is 36.4 Å². The van der Waals surface area contributed by atoms with Crippen LogP contribution in [0, 0.1) is 0 Å². The highest BCUT2D eigenvalue weighted by atomic mass is 32.2. The number of rotatable bonds is 7. The van der Waals surface area contributed by atoms with Crippen LogP contribution in [0.1, 0.15) is 16.1 Å². The van der Waals surface area contributed by atoms with Gasteiger partial charge in [0.15, 0.2) is 0 Å². The monoisotopic (exact) mass is 393 g/mol. The predicted octanol–water partition coefficient (Wildman–Crippen LogP) is 1.61. The molecule has 26 heavy (non-hydrogen) atoms. The largest absolute Gasteiger partial charge is 0.351 e. The minimum atomic E-state index is -3.57. The second kappa shape index (κ2) is 8.77. The molecule has 8 heteroatoms. The summed E-state index contributed by atoms with van der Waals surface area (Å²) < 4.78 is 25.3. The first-order valence-electron chi connectivity index (χ1n) is 8.68. The van der Waals surface area contributed by atoms with Gasteiger partial charge < -0.3 is 15.5 Å². The molecule has 2 N–H and O–H groups in total. The first-order chi connectivity index (χ1) is 12.6. The van der Waals surface area contributed by atoms with Gasteiger partial charge in [-0.1, -0.05) is 18.2 Å². The van der Waals surface area contributed by atoms with Crippen LogP contribution in [0.25, 0.3) is 0 Å². The molecular weight excluding hydrogens is 370 g/mol. The summed E-state index contributed by atoms with van der Waals surface area (Å²) in [4.78, 5) is 15.3. The van der Waals surface area contributed by atoms with Crippen molar-refractivity contribution in [3.8, 4) is 0 Å². The summed E-state index contributed by atoms with van der Waals surface area (Å²) in [5, 5.41) is 6.19. The van der Waals surface area contributed by atoms with Crippen LogP contribution < -0.4 is 10.6 Å². The van der Waals surface area contributed by atoms with E-state index in [4.69, 9.17) is 0 Å². The molecule has 0 radical (unpaired) electrons. The van der Waals surface area contributed by atoms with Crippen LogP contribution in [-0.2, 0) is 9.84 Å². The Kier molecular flexibility index (Phi) is 6.42. The molecule has 3 rings (SSSR count). The van der Waals surface area contributed by atoms with E-state index >= 15 is 0 Å². The van der Waals surface area contributed by atoms with Crippen molar-refractivity contribution >= 4 is 27.1 Å². The summed E-state index contributed by atoms with van der Waals surface area (Å²) >= 11 is 1.01. The first kappa shape index (κ1) is 19.0. The first-order valence-corrected chi connectivity index (χ1v) is 11.0. The van der Waals surface area contributed by atoms with Crippen LogP contribution in [-0.4, -0.2) is 58.5 Å². The van der Waals surface area contributed by atoms with Gasteiger partial charge in [0.05, 0.1) is 9.77 Å². The molecule has 0 unspecified atom stereocenters. The summed E-state index contributed by atoms with van der Waals surface area (Å²) in [5.41, 5.74) is 0. The smallest absolute Gasteiger partial charge is 0.261 e. The molecule has 0 saturated carbocycles. The van der Waals surface area contributed by atoms with Crippen molar-refractivity contribution in [2.24, 2.45) is 0 Å². The highest BCUT2D eigenvalue weighted by molar-refractivity contribution is 7.93. The SMILES string of the molecule is O=C(NCCCN1CCNCC1)c1ccc(S(=O)(=O)c2ccccc2)s1. The lowest BCUT2D eigenvalue weighted by Crippen LogP contribution is -2.44. The van der Waals surface area contributed by atoms with Gasteiger partial charge in [-0.05, 0) is 37.2 Å². The van der Waals surface area contributed by atoms with Gasteiger partial charge in [0.2, 0.25) is 9.84 Å². The number of piperazine rings is 1. The van der Waals surface area contributed by atoms with Crippen molar-refractivity contribution < 1.29 is 13.2 Å². The number of carbonyl (C=O) groups excluding carboxylic acids is 1. The predicted molar refractivity (Wildman–Crippen MR) is 102 cm³/mol. The van der Waals surface area contributed by atoms with Crippen molar-refractivity contribution in [1.82, 2.24) is 15.5 Å². The summed E-state index contributed by atoms with van der Waals surface area (Å²) in [6.45, 7) is 5.65. The number of sulfone groups is 1. The minimum absolute atomic E-state index is 0.190. The normalized spacial score (nSPS) is 15.7. The molecule has 2 heterocycles. The molecule has 1 aromatic carbocycles. The quantitative estimate of drug-likeness (QED) is 0.699. The van der Waals surface area contributed by atoms with E-state index < -0.39 is 9.84 Å². The fourth-order valence-electron chi connectivity index (χ4n) is 2.83. The van der Waals surface area contributed by atoms with Crippen LogP contribution in [0.2, 0.25) is 0 Å². The molecule has 6 nitrogen and oxygen atoms in total. The Balaban J connectivity index is 1.53. The Morgan fingerprint density at radius 2 is 1.85 bits per heavy atom. The van der Waals surface area contributed by atoms with Crippen molar-refractivity contribution in [2.75, 3.05) is 39.3 Å². The van der Waals surface area contributed by atoms with E-state index in [2.05, 4.69) is 15.5 Å². The third-order valence-electron chi connectivity index (χ3n) is 4.27. The number of carbonyl (C=O) groups is 1. The molecule has 0 aliphatic carbocycles. The third kappa shape index (κ3) is 4.70. The number of hydrogen-bond donors (Lipinski definition) is 2. The standard InChI is InChI=1S/C18H23N3O3S2/c22-18(20-9-4-12-21-13-10-19-11-14-21)16-7-8-17(25-16)26(23,24)15-5-2-1-3-6-15/h1-3,5-8,19H,4,9-14H2,(H,20,22). The molecule has 140 valence electrons. The van der Waals surface area contributed by atoms with Crippen molar-refractivity contribution in [2.45, 2.75) is 15.5 Å². The maximum Gasteiger partial charge on any atom is 0.261 e. The molecule has 1 aromatic heterocycles. The molecule has 0 bridgehead atoms. The Bertz CT molecular complexity index is 828. The van der Waals surface area contributed by atoms with E-state index in [1.165, 1.54) is 6.07 Å². The van der Waals surface area contributed by atoms with Crippen molar-refractivity contribution in [3.63, 3.8) is 0 Å². The van der Waals surface area contributed by atoms with Gasteiger partial charge in [-0.3, -0.25) is 4.79 Å². The molecule has 0 spiro atoms. The highest BCUT2D eigenvalue weighted by Crippen LogP contribution is 2.27. The van der Waals surface area contributed by atoms with E-state index in [1.807, 2.05) is 0 Å². The van der Waals surface area contributed by atoms with Crippen LogP contribution in [0.4, 0.5) is 0 Å². The number of thiophene rings is 1. The van der Waals surface area contributed by atoms with Crippen LogP contribution in [0.15, 0.2) is 51.6 Å². The average Bonchev–Trinajstić information content (AvgIpc) is 3.18. The van der Waals surface area contributed by atoms with Crippen molar-refractivity contribution in [1.29, 1.82) is 0 Å². The number of nitrogens with zero attached hydrogens (tertiary/aromatic N) is 1. The lowest BCUT2D eigenvalue weighted by molar-refractivity contribution is 0.0955. The lowest BCUT2D eigenvalue weighted by Gasteiger charge is -2.27. The highest BCUT2D eigenvalue weighted by Gasteiger charge is 2.21. The number of nitrogens with one attached hydrogen (secondary N) is 2. The fraction of sp³-hybridized carbons (Fsp3) is 0.389. The van der Waals surface area contributed by atoms with Gasteiger partial charge in [-0.25, -0.2) is 8.42 Å². The summed E-state index contributed by atoms with van der Waals surface area (Å²) in [7, 11) is -3.57. The molecule has 1 fully saturated rings. The van der Waals surface area contributed by atoms with Crippen molar-refractivity contribution in [3.05, 3.63) is 47.3 Å². The van der Waals surface area contributed by atoms with Gasteiger partial charge in [-0.15, -0.1) is 11.3 Å². The topological polar surface area (TPSA) is 78.5 Å². The average molecular weight is 394 g/mol. The van der Waals surface area contributed by atoms with Crippen LogP contribution >= 0.6 is 11.3 Å². The molecule has 1 aliphatic heterocycles. The van der Waals surface area contributed by atoms with E-state index in [0.717, 1.165) is 50.5 Å². The zero-order valence-electron chi connectivity index (χ0n) is 14.5.